The highest BCUT2D eigenvalue weighted by Crippen LogP contribution is 2.33. The highest BCUT2D eigenvalue weighted by Gasteiger charge is 2.43. The van der Waals surface area contributed by atoms with Crippen molar-refractivity contribution in [1.82, 2.24) is 19.5 Å². The summed E-state index contributed by atoms with van der Waals surface area (Å²) in [6.07, 6.45) is 2.71. The second-order valence-electron chi connectivity index (χ2n) is 5.73. The van der Waals surface area contributed by atoms with Crippen LogP contribution in [0, 0.1) is 0 Å². The van der Waals surface area contributed by atoms with E-state index in [1.54, 1.807) is 4.31 Å². The number of fused-ring (bicyclic) bond motifs is 1. The lowest BCUT2D eigenvalue weighted by atomic mass is 10.0. The Labute approximate surface area is 123 Å². The Morgan fingerprint density at radius 2 is 1.81 bits per heavy atom. The van der Waals surface area contributed by atoms with E-state index in [1.165, 1.54) is 17.5 Å². The monoisotopic (exact) mass is 304 g/mol. The molecule has 7 heteroatoms. The molecule has 21 heavy (non-hydrogen) atoms. The maximum absolute atomic E-state index is 12.7. The molecule has 1 aliphatic heterocycles. The molecule has 0 unspecified atom stereocenters. The Morgan fingerprint density at radius 3 is 2.38 bits per heavy atom. The van der Waals surface area contributed by atoms with Gasteiger partial charge in [0.25, 0.3) is 0 Å². The van der Waals surface area contributed by atoms with E-state index < -0.39 is 10.0 Å². The molecule has 0 spiro atoms. The van der Waals surface area contributed by atoms with Crippen molar-refractivity contribution in [3.63, 3.8) is 0 Å². The van der Waals surface area contributed by atoms with Crippen molar-refractivity contribution in [2.24, 2.45) is 0 Å². The van der Waals surface area contributed by atoms with Gasteiger partial charge >= 0.3 is 0 Å². The van der Waals surface area contributed by atoms with Gasteiger partial charge in [-0.1, -0.05) is 24.3 Å². The van der Waals surface area contributed by atoms with Crippen molar-refractivity contribution in [2.75, 3.05) is 13.1 Å². The Bertz CT molecular complexity index is 726. The van der Waals surface area contributed by atoms with Crippen LogP contribution in [0.4, 0.5) is 0 Å². The molecule has 0 atom stereocenters. The lowest BCUT2D eigenvalue weighted by Crippen LogP contribution is -2.52. The molecule has 1 aromatic heterocycles. The first kappa shape index (κ1) is 13.0. The van der Waals surface area contributed by atoms with Crippen LogP contribution in [-0.4, -0.2) is 46.2 Å². The van der Waals surface area contributed by atoms with Crippen LogP contribution in [0.3, 0.4) is 0 Å². The van der Waals surface area contributed by atoms with Gasteiger partial charge in [-0.25, -0.2) is 17.7 Å². The molecule has 1 fully saturated rings. The summed E-state index contributed by atoms with van der Waals surface area (Å²) in [5.74, 6) is 0.919. The number of sulfonamides is 1. The SMILES string of the molecule is O=S(=O)(C1Cc2ccccc2C1)N1CC(c2ncn[nH]2)C1. The van der Waals surface area contributed by atoms with Crippen LogP contribution in [-0.2, 0) is 22.9 Å². The average Bonchev–Trinajstić information content (AvgIpc) is 3.05. The third-order valence-corrected chi connectivity index (χ3v) is 6.66. The smallest absolute Gasteiger partial charge is 0.217 e. The summed E-state index contributed by atoms with van der Waals surface area (Å²) in [6.45, 7) is 1.01. The summed E-state index contributed by atoms with van der Waals surface area (Å²) >= 11 is 0. The number of aromatic amines is 1. The quantitative estimate of drug-likeness (QED) is 0.905. The molecule has 6 nitrogen and oxygen atoms in total. The Hall–Kier alpha value is -1.73. The predicted octanol–water partition coefficient (Wildman–Crippen LogP) is 0.701. The van der Waals surface area contributed by atoms with E-state index in [0.29, 0.717) is 25.9 Å². The zero-order chi connectivity index (χ0) is 14.4. The molecule has 0 amide bonds. The van der Waals surface area contributed by atoms with E-state index in [1.807, 2.05) is 24.3 Å². The Kier molecular flexibility index (Phi) is 2.87. The minimum atomic E-state index is -3.22. The van der Waals surface area contributed by atoms with E-state index in [2.05, 4.69) is 15.2 Å². The summed E-state index contributed by atoms with van der Waals surface area (Å²) in [4.78, 5) is 4.10. The van der Waals surface area contributed by atoms with Gasteiger partial charge in [0.1, 0.15) is 12.2 Å². The topological polar surface area (TPSA) is 79.0 Å². The largest absolute Gasteiger partial charge is 0.263 e. The summed E-state index contributed by atoms with van der Waals surface area (Å²) < 4.78 is 26.9. The van der Waals surface area contributed by atoms with E-state index in [-0.39, 0.29) is 11.2 Å². The molecule has 1 N–H and O–H groups in total. The molecule has 2 aliphatic rings. The second kappa shape index (κ2) is 4.64. The van der Waals surface area contributed by atoms with Gasteiger partial charge in [0.05, 0.1) is 5.25 Å². The van der Waals surface area contributed by atoms with Crippen molar-refractivity contribution in [1.29, 1.82) is 0 Å². The normalized spacial score (nSPS) is 20.4. The van der Waals surface area contributed by atoms with Crippen LogP contribution in [0.2, 0.25) is 0 Å². The first-order chi connectivity index (χ1) is 10.1. The van der Waals surface area contributed by atoms with Gasteiger partial charge < -0.3 is 0 Å². The molecule has 1 saturated heterocycles. The molecule has 110 valence electrons. The lowest BCUT2D eigenvalue weighted by molar-refractivity contribution is 0.253. The van der Waals surface area contributed by atoms with Crippen LogP contribution >= 0.6 is 0 Å². The fourth-order valence-corrected chi connectivity index (χ4v) is 5.15. The van der Waals surface area contributed by atoms with Gasteiger partial charge in [-0.15, -0.1) is 0 Å². The molecule has 1 aliphatic carbocycles. The predicted molar refractivity (Wildman–Crippen MR) is 77.3 cm³/mol. The van der Waals surface area contributed by atoms with E-state index in [4.69, 9.17) is 0 Å². The van der Waals surface area contributed by atoms with Gasteiger partial charge in [0.2, 0.25) is 10.0 Å². The fraction of sp³-hybridized carbons (Fsp3) is 0.429. The van der Waals surface area contributed by atoms with E-state index in [9.17, 15) is 8.42 Å². The number of nitrogens with zero attached hydrogens (tertiary/aromatic N) is 3. The summed E-state index contributed by atoms with van der Waals surface area (Å²) in [7, 11) is -3.22. The zero-order valence-corrected chi connectivity index (χ0v) is 12.3. The number of rotatable bonds is 3. The molecular formula is C14H16N4O2S. The van der Waals surface area contributed by atoms with Gasteiger partial charge in [-0.2, -0.15) is 5.10 Å². The number of hydrogen-bond donors (Lipinski definition) is 1. The first-order valence-electron chi connectivity index (χ1n) is 7.05. The molecular weight excluding hydrogens is 288 g/mol. The van der Waals surface area contributed by atoms with Gasteiger partial charge in [0, 0.05) is 19.0 Å². The van der Waals surface area contributed by atoms with Gasteiger partial charge in [-0.05, 0) is 24.0 Å². The van der Waals surface area contributed by atoms with Crippen molar-refractivity contribution in [2.45, 2.75) is 24.0 Å². The minimum absolute atomic E-state index is 0.144. The average molecular weight is 304 g/mol. The summed E-state index contributed by atoms with van der Waals surface area (Å²) in [5, 5.41) is 6.31. The van der Waals surface area contributed by atoms with Crippen LogP contribution < -0.4 is 0 Å². The molecule has 0 bridgehead atoms. The fourth-order valence-electron chi connectivity index (χ4n) is 3.17. The van der Waals surface area contributed by atoms with E-state index in [0.717, 1.165) is 5.82 Å². The van der Waals surface area contributed by atoms with Crippen LogP contribution in [0.5, 0.6) is 0 Å². The van der Waals surface area contributed by atoms with Crippen molar-refractivity contribution in [3.8, 4) is 0 Å². The number of benzene rings is 1. The summed E-state index contributed by atoms with van der Waals surface area (Å²) in [6, 6.07) is 7.99. The third kappa shape index (κ3) is 2.08. The first-order valence-corrected chi connectivity index (χ1v) is 8.56. The van der Waals surface area contributed by atoms with E-state index >= 15 is 0 Å². The van der Waals surface area contributed by atoms with Gasteiger partial charge in [-0.3, -0.25) is 5.10 Å². The molecule has 2 aromatic rings. The second-order valence-corrected chi connectivity index (χ2v) is 7.94. The van der Waals surface area contributed by atoms with Crippen LogP contribution in [0.25, 0.3) is 0 Å². The van der Waals surface area contributed by atoms with Gasteiger partial charge in [0.15, 0.2) is 0 Å². The zero-order valence-electron chi connectivity index (χ0n) is 11.4. The Morgan fingerprint density at radius 1 is 1.14 bits per heavy atom. The lowest BCUT2D eigenvalue weighted by Gasteiger charge is -2.38. The van der Waals surface area contributed by atoms with Crippen LogP contribution in [0.1, 0.15) is 22.9 Å². The Balaban J connectivity index is 1.47. The standard InChI is InChI=1S/C14H16N4O2S/c19-21(20,13-5-10-3-1-2-4-11(10)6-13)18-7-12(8-18)14-15-9-16-17-14/h1-4,9,12-13H,5-8H2,(H,15,16,17). The number of nitrogens with one attached hydrogen (secondary N) is 1. The molecule has 0 radical (unpaired) electrons. The third-order valence-electron chi connectivity index (χ3n) is 4.46. The maximum Gasteiger partial charge on any atom is 0.217 e. The van der Waals surface area contributed by atoms with Crippen molar-refractivity contribution >= 4 is 10.0 Å². The molecule has 2 heterocycles. The van der Waals surface area contributed by atoms with Crippen molar-refractivity contribution < 1.29 is 8.42 Å². The summed E-state index contributed by atoms with van der Waals surface area (Å²) in [5.41, 5.74) is 2.33. The molecule has 4 rings (SSSR count). The highest BCUT2D eigenvalue weighted by molar-refractivity contribution is 7.89. The number of hydrogen-bond acceptors (Lipinski definition) is 4. The minimum Gasteiger partial charge on any atom is -0.263 e. The van der Waals surface area contributed by atoms with Crippen LogP contribution in [0.15, 0.2) is 30.6 Å². The number of H-pyrrole nitrogens is 1. The van der Waals surface area contributed by atoms with Crippen molar-refractivity contribution in [3.05, 3.63) is 47.5 Å². The number of aromatic nitrogens is 3. The molecule has 0 saturated carbocycles. The molecule has 1 aromatic carbocycles. The highest BCUT2D eigenvalue weighted by atomic mass is 32.2. The maximum atomic E-state index is 12.7.